The summed E-state index contributed by atoms with van der Waals surface area (Å²) in [7, 11) is 3.22. The molecule has 0 fully saturated rings. The number of benzene rings is 1. The van der Waals surface area contributed by atoms with Gasteiger partial charge in [0.15, 0.2) is 11.5 Å². The summed E-state index contributed by atoms with van der Waals surface area (Å²) in [6.07, 6.45) is 0.735. The molecule has 0 unspecified atom stereocenters. The molecule has 0 saturated heterocycles. The number of fused-ring (bicyclic) bond motifs is 1. The lowest BCUT2D eigenvalue weighted by Crippen LogP contribution is -2.03. The van der Waals surface area contributed by atoms with Crippen LogP contribution in [0.15, 0.2) is 12.1 Å². The van der Waals surface area contributed by atoms with E-state index in [2.05, 4.69) is 9.97 Å². The van der Waals surface area contributed by atoms with Gasteiger partial charge in [-0.05, 0) is 6.54 Å². The number of aromatic amines is 1. The van der Waals surface area contributed by atoms with Gasteiger partial charge in [0.25, 0.3) is 0 Å². The Morgan fingerprint density at radius 3 is 2.56 bits per heavy atom. The highest BCUT2D eigenvalue weighted by Crippen LogP contribution is 2.30. The van der Waals surface area contributed by atoms with Crippen LogP contribution in [-0.4, -0.2) is 30.7 Å². The minimum atomic E-state index is 0.577. The molecule has 1 heterocycles. The first-order chi connectivity index (χ1) is 7.78. The topological polar surface area (TPSA) is 73.2 Å². The zero-order valence-electron chi connectivity index (χ0n) is 9.41. The van der Waals surface area contributed by atoms with E-state index in [4.69, 9.17) is 15.2 Å². The number of aromatic nitrogens is 2. The smallest absolute Gasteiger partial charge is 0.163 e. The Morgan fingerprint density at radius 1 is 1.25 bits per heavy atom. The molecule has 0 spiro atoms. The van der Waals surface area contributed by atoms with Gasteiger partial charge in [-0.1, -0.05) is 0 Å². The third-order valence-corrected chi connectivity index (χ3v) is 2.42. The third kappa shape index (κ3) is 1.81. The van der Waals surface area contributed by atoms with Crippen molar-refractivity contribution in [3.05, 3.63) is 18.0 Å². The normalized spacial score (nSPS) is 10.7. The fraction of sp³-hybridized carbons (Fsp3) is 0.364. The number of rotatable bonds is 4. The fourth-order valence-corrected chi connectivity index (χ4v) is 1.64. The molecule has 0 aliphatic rings. The lowest BCUT2D eigenvalue weighted by molar-refractivity contribution is 0.356. The predicted octanol–water partition coefficient (Wildman–Crippen LogP) is 1.08. The molecule has 1 aromatic carbocycles. The SMILES string of the molecule is COc1cc2nc(CCN)[nH]c2cc1OC. The van der Waals surface area contributed by atoms with Crippen LogP contribution in [0.3, 0.4) is 0 Å². The molecule has 86 valence electrons. The Labute approximate surface area is 93.6 Å². The van der Waals surface area contributed by atoms with E-state index in [9.17, 15) is 0 Å². The molecule has 2 rings (SSSR count). The third-order valence-electron chi connectivity index (χ3n) is 2.42. The fourth-order valence-electron chi connectivity index (χ4n) is 1.64. The van der Waals surface area contributed by atoms with Gasteiger partial charge in [-0.25, -0.2) is 4.98 Å². The van der Waals surface area contributed by atoms with Crippen LogP contribution in [0, 0.1) is 0 Å². The maximum atomic E-state index is 5.49. The van der Waals surface area contributed by atoms with Crippen molar-refractivity contribution in [2.45, 2.75) is 6.42 Å². The van der Waals surface area contributed by atoms with Gasteiger partial charge < -0.3 is 20.2 Å². The number of imidazole rings is 1. The molecule has 16 heavy (non-hydrogen) atoms. The summed E-state index contributed by atoms with van der Waals surface area (Å²) in [5.41, 5.74) is 7.28. The van der Waals surface area contributed by atoms with Crippen LogP contribution < -0.4 is 15.2 Å². The van der Waals surface area contributed by atoms with E-state index >= 15 is 0 Å². The molecular weight excluding hydrogens is 206 g/mol. The number of methoxy groups -OCH3 is 2. The van der Waals surface area contributed by atoms with E-state index < -0.39 is 0 Å². The molecule has 1 aromatic heterocycles. The molecule has 2 aromatic rings. The second kappa shape index (κ2) is 4.40. The van der Waals surface area contributed by atoms with Crippen molar-refractivity contribution < 1.29 is 9.47 Å². The number of nitrogens with two attached hydrogens (primary N) is 1. The largest absolute Gasteiger partial charge is 0.493 e. The molecule has 0 radical (unpaired) electrons. The van der Waals surface area contributed by atoms with E-state index in [0.717, 1.165) is 23.3 Å². The summed E-state index contributed by atoms with van der Waals surface area (Å²) in [5.74, 6) is 2.26. The second-order valence-corrected chi connectivity index (χ2v) is 3.45. The van der Waals surface area contributed by atoms with Crippen molar-refractivity contribution in [1.29, 1.82) is 0 Å². The van der Waals surface area contributed by atoms with Gasteiger partial charge in [-0.2, -0.15) is 0 Å². The zero-order valence-corrected chi connectivity index (χ0v) is 9.41. The van der Waals surface area contributed by atoms with Crippen LogP contribution in [0.1, 0.15) is 5.82 Å². The monoisotopic (exact) mass is 221 g/mol. The highest BCUT2D eigenvalue weighted by atomic mass is 16.5. The van der Waals surface area contributed by atoms with Crippen molar-refractivity contribution in [1.82, 2.24) is 9.97 Å². The van der Waals surface area contributed by atoms with Crippen LogP contribution in [0.2, 0.25) is 0 Å². The number of nitrogens with one attached hydrogen (secondary N) is 1. The highest BCUT2D eigenvalue weighted by molar-refractivity contribution is 5.79. The lowest BCUT2D eigenvalue weighted by atomic mass is 10.3. The maximum Gasteiger partial charge on any atom is 0.163 e. The van der Waals surface area contributed by atoms with Crippen LogP contribution in [0.5, 0.6) is 11.5 Å². The van der Waals surface area contributed by atoms with Gasteiger partial charge in [-0.3, -0.25) is 0 Å². The van der Waals surface area contributed by atoms with Crippen molar-refractivity contribution in [2.24, 2.45) is 5.73 Å². The minimum Gasteiger partial charge on any atom is -0.493 e. The second-order valence-electron chi connectivity index (χ2n) is 3.45. The predicted molar refractivity (Wildman–Crippen MR) is 62.0 cm³/mol. The minimum absolute atomic E-state index is 0.577. The molecular formula is C11H15N3O2. The molecule has 0 aliphatic carbocycles. The van der Waals surface area contributed by atoms with Crippen molar-refractivity contribution >= 4 is 11.0 Å². The molecule has 5 nitrogen and oxygen atoms in total. The van der Waals surface area contributed by atoms with E-state index in [-0.39, 0.29) is 0 Å². The van der Waals surface area contributed by atoms with Crippen LogP contribution in [0.4, 0.5) is 0 Å². The number of hydrogen-bond donors (Lipinski definition) is 2. The van der Waals surface area contributed by atoms with Crippen molar-refractivity contribution in [3.8, 4) is 11.5 Å². The zero-order chi connectivity index (χ0) is 11.5. The summed E-state index contributed by atoms with van der Waals surface area (Å²) in [5, 5.41) is 0. The Balaban J connectivity index is 2.51. The molecule has 0 amide bonds. The van der Waals surface area contributed by atoms with E-state index in [1.54, 1.807) is 14.2 Å². The maximum absolute atomic E-state index is 5.49. The Kier molecular flexibility index (Phi) is 2.96. The average Bonchev–Trinajstić information content (AvgIpc) is 2.68. The summed E-state index contributed by atoms with van der Waals surface area (Å²) in [4.78, 5) is 7.61. The van der Waals surface area contributed by atoms with Gasteiger partial charge in [-0.15, -0.1) is 0 Å². The first-order valence-electron chi connectivity index (χ1n) is 5.09. The Morgan fingerprint density at radius 2 is 1.94 bits per heavy atom. The Hall–Kier alpha value is -1.75. The van der Waals surface area contributed by atoms with Gasteiger partial charge in [0.1, 0.15) is 5.82 Å². The number of H-pyrrole nitrogens is 1. The van der Waals surface area contributed by atoms with E-state index in [0.29, 0.717) is 18.0 Å². The highest BCUT2D eigenvalue weighted by Gasteiger charge is 2.09. The van der Waals surface area contributed by atoms with Gasteiger partial charge in [0.2, 0.25) is 0 Å². The first-order valence-corrected chi connectivity index (χ1v) is 5.09. The molecule has 0 aliphatic heterocycles. The molecule has 0 bridgehead atoms. The molecule has 5 heteroatoms. The summed E-state index contributed by atoms with van der Waals surface area (Å²) >= 11 is 0. The van der Waals surface area contributed by atoms with Gasteiger partial charge in [0.05, 0.1) is 25.3 Å². The number of nitrogens with zero attached hydrogens (tertiary/aromatic N) is 1. The quantitative estimate of drug-likeness (QED) is 0.810. The van der Waals surface area contributed by atoms with Gasteiger partial charge >= 0.3 is 0 Å². The average molecular weight is 221 g/mol. The summed E-state index contributed by atoms with van der Waals surface area (Å²) < 4.78 is 10.4. The van der Waals surface area contributed by atoms with Gasteiger partial charge in [0, 0.05) is 18.6 Å². The van der Waals surface area contributed by atoms with Crippen LogP contribution in [0.25, 0.3) is 11.0 Å². The van der Waals surface area contributed by atoms with Crippen molar-refractivity contribution in [3.63, 3.8) is 0 Å². The van der Waals surface area contributed by atoms with E-state index in [1.165, 1.54) is 0 Å². The van der Waals surface area contributed by atoms with E-state index in [1.807, 2.05) is 12.1 Å². The van der Waals surface area contributed by atoms with Crippen LogP contribution in [-0.2, 0) is 6.42 Å². The summed E-state index contributed by atoms with van der Waals surface area (Å²) in [6, 6.07) is 3.73. The molecule has 3 N–H and O–H groups in total. The lowest BCUT2D eigenvalue weighted by Gasteiger charge is -2.06. The van der Waals surface area contributed by atoms with Crippen LogP contribution >= 0.6 is 0 Å². The standard InChI is InChI=1S/C11H15N3O2/c1-15-9-5-7-8(6-10(9)16-2)14-11(13-7)3-4-12/h5-6H,3-4,12H2,1-2H3,(H,13,14). The van der Waals surface area contributed by atoms with Crippen molar-refractivity contribution in [2.75, 3.05) is 20.8 Å². The number of ether oxygens (including phenoxy) is 2. The summed E-state index contributed by atoms with van der Waals surface area (Å²) in [6.45, 7) is 0.577. The number of hydrogen-bond acceptors (Lipinski definition) is 4. The Bertz CT molecular complexity index is 452. The molecule has 0 atom stereocenters. The molecule has 0 saturated carbocycles. The first kappa shape index (κ1) is 10.8.